The highest BCUT2D eigenvalue weighted by Crippen LogP contribution is 2.28. The van der Waals surface area contributed by atoms with Crippen molar-refractivity contribution in [3.05, 3.63) is 34.9 Å². The zero-order valence-corrected chi connectivity index (χ0v) is 12.5. The molecule has 0 saturated carbocycles. The monoisotopic (exact) mass is 274 g/mol. The van der Waals surface area contributed by atoms with Crippen molar-refractivity contribution in [1.82, 2.24) is 4.98 Å². The molecule has 19 heavy (non-hydrogen) atoms. The van der Waals surface area contributed by atoms with Crippen LogP contribution >= 0.6 is 11.8 Å². The Morgan fingerprint density at radius 1 is 1.21 bits per heavy atom. The van der Waals surface area contributed by atoms with Crippen LogP contribution in [0, 0.1) is 20.8 Å². The molecule has 2 N–H and O–H groups in total. The van der Waals surface area contributed by atoms with Crippen molar-refractivity contribution in [2.45, 2.75) is 38.0 Å². The normalized spacial score (nSPS) is 12.6. The summed E-state index contributed by atoms with van der Waals surface area (Å²) in [5.74, 6) is -0.315. The fourth-order valence-corrected chi connectivity index (χ4v) is 2.98. The first-order chi connectivity index (χ1) is 8.88. The second kappa shape index (κ2) is 5.21. The predicted molar refractivity (Wildman–Crippen MR) is 80.5 cm³/mol. The number of fused-ring (bicyclic) bond motifs is 1. The van der Waals surface area contributed by atoms with Crippen LogP contribution in [-0.2, 0) is 4.79 Å². The van der Waals surface area contributed by atoms with E-state index in [4.69, 9.17) is 5.73 Å². The average Bonchev–Trinajstić information content (AvgIpc) is 2.30. The third kappa shape index (κ3) is 2.89. The van der Waals surface area contributed by atoms with Gasteiger partial charge in [0.25, 0.3) is 0 Å². The zero-order chi connectivity index (χ0) is 14.2. The molecule has 0 fully saturated rings. The number of hydrogen-bond acceptors (Lipinski definition) is 3. The minimum Gasteiger partial charge on any atom is -0.369 e. The number of aryl methyl sites for hydroxylation is 3. The summed E-state index contributed by atoms with van der Waals surface area (Å²) in [6.45, 7) is 8.02. The summed E-state index contributed by atoms with van der Waals surface area (Å²) in [5, 5.41) is 1.76. The third-order valence-corrected chi connectivity index (χ3v) is 4.17. The summed E-state index contributed by atoms with van der Waals surface area (Å²) in [6, 6.07) is 6.29. The Morgan fingerprint density at radius 2 is 1.89 bits per heavy atom. The molecule has 0 aliphatic heterocycles. The Kier molecular flexibility index (Phi) is 3.80. The molecular formula is C15H18N2OS. The first kappa shape index (κ1) is 13.9. The van der Waals surface area contributed by atoms with Crippen molar-refractivity contribution in [2.24, 2.45) is 5.73 Å². The molecule has 1 amide bonds. The van der Waals surface area contributed by atoms with Gasteiger partial charge in [-0.25, -0.2) is 4.98 Å². The van der Waals surface area contributed by atoms with Crippen LogP contribution in [0.2, 0.25) is 0 Å². The highest BCUT2D eigenvalue weighted by Gasteiger charge is 2.13. The number of carbonyl (C=O) groups is 1. The van der Waals surface area contributed by atoms with E-state index in [0.717, 1.165) is 16.1 Å². The maximum atomic E-state index is 11.1. The van der Waals surface area contributed by atoms with Gasteiger partial charge in [0.15, 0.2) is 0 Å². The number of hydrogen-bond donors (Lipinski definition) is 1. The minimum absolute atomic E-state index is 0.268. The fourth-order valence-electron chi connectivity index (χ4n) is 2.11. The number of nitrogens with two attached hydrogens (primary N) is 1. The molecule has 0 aliphatic rings. The van der Waals surface area contributed by atoms with Crippen LogP contribution in [-0.4, -0.2) is 16.1 Å². The molecule has 0 radical (unpaired) electrons. The summed E-state index contributed by atoms with van der Waals surface area (Å²) in [6.07, 6.45) is 0. The first-order valence-corrected chi connectivity index (χ1v) is 7.11. The van der Waals surface area contributed by atoms with Gasteiger partial charge in [-0.2, -0.15) is 0 Å². The summed E-state index contributed by atoms with van der Waals surface area (Å²) in [5.41, 5.74) is 9.87. The van der Waals surface area contributed by atoms with Crippen LogP contribution in [0.4, 0.5) is 0 Å². The number of thioether (sulfide) groups is 1. The minimum atomic E-state index is -0.315. The van der Waals surface area contributed by atoms with E-state index in [1.807, 2.05) is 6.07 Å². The summed E-state index contributed by atoms with van der Waals surface area (Å²) >= 11 is 1.41. The van der Waals surface area contributed by atoms with E-state index in [-0.39, 0.29) is 11.2 Å². The van der Waals surface area contributed by atoms with E-state index in [1.165, 1.54) is 28.3 Å². The van der Waals surface area contributed by atoms with E-state index in [2.05, 4.69) is 37.9 Å². The van der Waals surface area contributed by atoms with Crippen LogP contribution in [0.1, 0.15) is 23.6 Å². The van der Waals surface area contributed by atoms with Crippen LogP contribution in [0.15, 0.2) is 23.2 Å². The van der Waals surface area contributed by atoms with Crippen molar-refractivity contribution in [3.63, 3.8) is 0 Å². The van der Waals surface area contributed by atoms with E-state index in [9.17, 15) is 4.79 Å². The molecule has 2 aromatic rings. The number of rotatable bonds is 3. The van der Waals surface area contributed by atoms with Crippen molar-refractivity contribution in [1.29, 1.82) is 0 Å². The molecule has 3 nitrogen and oxygen atoms in total. The first-order valence-electron chi connectivity index (χ1n) is 6.23. The molecule has 1 atom stereocenters. The lowest BCUT2D eigenvalue weighted by molar-refractivity contribution is -0.117. The number of carbonyl (C=O) groups excluding carboxylic acids is 1. The third-order valence-electron chi connectivity index (χ3n) is 3.13. The Hall–Kier alpha value is -1.55. The lowest BCUT2D eigenvalue weighted by Gasteiger charge is -2.11. The molecular weight excluding hydrogens is 256 g/mol. The number of aromatic nitrogens is 1. The SMILES string of the molecule is Cc1cc(C)c2nc(S[C@@H](C)C(N)=O)cc(C)c2c1. The maximum absolute atomic E-state index is 11.1. The van der Waals surface area contributed by atoms with Crippen LogP contribution in [0.3, 0.4) is 0 Å². The predicted octanol–water partition coefficient (Wildman–Crippen LogP) is 3.13. The summed E-state index contributed by atoms with van der Waals surface area (Å²) < 4.78 is 0. The van der Waals surface area contributed by atoms with Crippen molar-refractivity contribution in [2.75, 3.05) is 0 Å². The van der Waals surface area contributed by atoms with Gasteiger partial charge in [-0.15, -0.1) is 0 Å². The standard InChI is InChI=1S/C15H18N2OS/c1-8-5-10(3)14-12(6-8)9(2)7-13(17-14)19-11(4)15(16)18/h5-7,11H,1-4H3,(H2,16,18)/t11-/m0/s1. The lowest BCUT2D eigenvalue weighted by atomic mass is 10.0. The van der Waals surface area contributed by atoms with Gasteiger partial charge in [0.05, 0.1) is 15.8 Å². The lowest BCUT2D eigenvalue weighted by Crippen LogP contribution is -2.22. The van der Waals surface area contributed by atoms with Gasteiger partial charge in [-0.05, 0) is 51.0 Å². The summed E-state index contributed by atoms with van der Waals surface area (Å²) in [4.78, 5) is 15.8. The van der Waals surface area contributed by atoms with E-state index < -0.39 is 0 Å². The van der Waals surface area contributed by atoms with Crippen LogP contribution in [0.25, 0.3) is 10.9 Å². The van der Waals surface area contributed by atoms with E-state index in [0.29, 0.717) is 0 Å². The van der Waals surface area contributed by atoms with Crippen molar-refractivity contribution < 1.29 is 4.79 Å². The van der Waals surface area contributed by atoms with E-state index >= 15 is 0 Å². The molecule has 0 saturated heterocycles. The molecule has 0 unspecified atom stereocenters. The van der Waals surface area contributed by atoms with Crippen molar-refractivity contribution in [3.8, 4) is 0 Å². The molecule has 0 bridgehead atoms. The van der Waals surface area contributed by atoms with Crippen molar-refractivity contribution >= 4 is 28.6 Å². The fraction of sp³-hybridized carbons (Fsp3) is 0.333. The molecule has 4 heteroatoms. The number of amides is 1. The van der Waals surface area contributed by atoms with Crippen LogP contribution in [0.5, 0.6) is 0 Å². The van der Waals surface area contributed by atoms with Gasteiger partial charge in [0.2, 0.25) is 5.91 Å². The maximum Gasteiger partial charge on any atom is 0.230 e. The quantitative estimate of drug-likeness (QED) is 0.875. The largest absolute Gasteiger partial charge is 0.369 e. The zero-order valence-electron chi connectivity index (χ0n) is 11.7. The number of benzene rings is 1. The number of primary amides is 1. The topological polar surface area (TPSA) is 56.0 Å². The summed E-state index contributed by atoms with van der Waals surface area (Å²) in [7, 11) is 0. The average molecular weight is 274 g/mol. The van der Waals surface area contributed by atoms with Gasteiger partial charge in [0.1, 0.15) is 0 Å². The second-order valence-electron chi connectivity index (χ2n) is 4.92. The Morgan fingerprint density at radius 3 is 2.53 bits per heavy atom. The van der Waals surface area contributed by atoms with Gasteiger partial charge in [0, 0.05) is 5.39 Å². The van der Waals surface area contributed by atoms with E-state index in [1.54, 1.807) is 6.92 Å². The Labute approximate surface area is 117 Å². The van der Waals surface area contributed by atoms with Crippen LogP contribution < -0.4 is 5.73 Å². The highest BCUT2D eigenvalue weighted by molar-refractivity contribution is 8.00. The smallest absolute Gasteiger partial charge is 0.230 e. The molecule has 1 heterocycles. The Balaban J connectivity index is 2.52. The van der Waals surface area contributed by atoms with Gasteiger partial charge in [-0.3, -0.25) is 4.79 Å². The molecule has 0 spiro atoms. The highest BCUT2D eigenvalue weighted by atomic mass is 32.2. The van der Waals surface area contributed by atoms with Gasteiger partial charge >= 0.3 is 0 Å². The Bertz CT molecular complexity index is 652. The molecule has 0 aliphatic carbocycles. The molecule has 1 aromatic heterocycles. The van der Waals surface area contributed by atoms with Gasteiger partial charge < -0.3 is 5.73 Å². The number of pyridine rings is 1. The molecule has 2 rings (SSSR count). The second-order valence-corrected chi connectivity index (χ2v) is 6.28. The molecule has 100 valence electrons. The molecule has 1 aromatic carbocycles. The number of nitrogens with zero attached hydrogens (tertiary/aromatic N) is 1. The van der Waals surface area contributed by atoms with Gasteiger partial charge in [-0.1, -0.05) is 23.4 Å².